The van der Waals surface area contributed by atoms with Gasteiger partial charge < -0.3 is 4.74 Å². The third kappa shape index (κ3) is 2.73. The normalized spacial score (nSPS) is 10.3. The summed E-state index contributed by atoms with van der Waals surface area (Å²) in [6, 6.07) is 21.4. The minimum Gasteiger partial charge on any atom is -0.491 e. The summed E-state index contributed by atoms with van der Waals surface area (Å²) < 4.78 is 5.32. The maximum atomic E-state index is 12.3. The molecule has 0 unspecified atom stereocenters. The fraction of sp³-hybridized carbons (Fsp3) is 0.0556. The average Bonchev–Trinajstić information content (AvgIpc) is 2.55. The topological polar surface area (TPSA) is 26.3 Å². The number of rotatable bonds is 3. The molecule has 2 aromatic carbocycles. The highest BCUT2D eigenvalue weighted by molar-refractivity contribution is 7.18. The second kappa shape index (κ2) is 5.94. The third-order valence-electron chi connectivity index (χ3n) is 3.20. The van der Waals surface area contributed by atoms with Gasteiger partial charge in [0.15, 0.2) is 5.75 Å². The molecule has 0 amide bonds. The Bertz CT molecular complexity index is 792. The van der Waals surface area contributed by atoms with Gasteiger partial charge in [0.25, 0.3) is 0 Å². The maximum Gasteiger partial charge on any atom is 0.223 e. The molecule has 1 heterocycles. The lowest BCUT2D eigenvalue weighted by Gasteiger charge is -2.09. The first-order chi connectivity index (χ1) is 10.3. The Morgan fingerprint density at radius 1 is 0.857 bits per heavy atom. The number of methoxy groups -OCH3 is 1. The molecule has 0 saturated carbocycles. The Kier molecular flexibility index (Phi) is 3.84. The van der Waals surface area contributed by atoms with Gasteiger partial charge in [-0.1, -0.05) is 60.7 Å². The predicted octanol–water partition coefficient (Wildman–Crippen LogP) is 4.45. The molecule has 0 spiro atoms. The fourth-order valence-corrected chi connectivity index (χ4v) is 3.37. The Hall–Kier alpha value is -2.39. The van der Waals surface area contributed by atoms with E-state index in [4.69, 9.17) is 4.74 Å². The van der Waals surface area contributed by atoms with Gasteiger partial charge in [-0.25, -0.2) is 0 Å². The molecule has 0 aliphatic rings. The molecule has 0 fully saturated rings. The van der Waals surface area contributed by atoms with Crippen molar-refractivity contribution in [3.8, 4) is 26.6 Å². The zero-order chi connectivity index (χ0) is 14.7. The monoisotopic (exact) mass is 294 g/mol. The highest BCUT2D eigenvalue weighted by Crippen LogP contribution is 2.36. The van der Waals surface area contributed by atoms with Crippen molar-refractivity contribution in [1.29, 1.82) is 0 Å². The van der Waals surface area contributed by atoms with E-state index in [9.17, 15) is 4.79 Å². The minimum atomic E-state index is -0.0889. The molecule has 0 aliphatic heterocycles. The van der Waals surface area contributed by atoms with Crippen LogP contribution in [-0.2, 0) is 0 Å². The lowest BCUT2D eigenvalue weighted by Crippen LogP contribution is -2.05. The van der Waals surface area contributed by atoms with Crippen LogP contribution in [0.5, 0.6) is 5.75 Å². The van der Waals surface area contributed by atoms with Crippen LogP contribution in [0.4, 0.5) is 0 Å². The van der Waals surface area contributed by atoms with Crippen LogP contribution in [0.3, 0.4) is 0 Å². The van der Waals surface area contributed by atoms with Crippen LogP contribution in [0.25, 0.3) is 20.9 Å². The van der Waals surface area contributed by atoms with Crippen LogP contribution in [0.15, 0.2) is 71.5 Å². The molecule has 21 heavy (non-hydrogen) atoms. The molecular weight excluding hydrogens is 280 g/mol. The van der Waals surface area contributed by atoms with E-state index in [1.54, 1.807) is 17.4 Å². The highest BCUT2D eigenvalue weighted by atomic mass is 32.1. The van der Waals surface area contributed by atoms with Crippen LogP contribution in [0.1, 0.15) is 0 Å². The molecule has 0 atom stereocenters. The van der Waals surface area contributed by atoms with E-state index in [0.29, 0.717) is 5.75 Å². The fourth-order valence-electron chi connectivity index (χ4n) is 2.20. The first-order valence-electron chi connectivity index (χ1n) is 6.62. The number of ether oxygens (including phenoxy) is 1. The van der Waals surface area contributed by atoms with E-state index in [1.165, 1.54) is 7.11 Å². The summed E-state index contributed by atoms with van der Waals surface area (Å²) >= 11 is 1.57. The summed E-state index contributed by atoms with van der Waals surface area (Å²) in [6.45, 7) is 0. The standard InChI is InChI=1S/C18H14O2S/c1-20-17-15(19)12-16(13-8-4-2-5-9-13)21-18(17)14-10-6-3-7-11-14/h2-12H,1H3. The van der Waals surface area contributed by atoms with Crippen LogP contribution in [-0.4, -0.2) is 7.11 Å². The van der Waals surface area contributed by atoms with Crippen LogP contribution in [0.2, 0.25) is 0 Å². The van der Waals surface area contributed by atoms with E-state index < -0.39 is 0 Å². The van der Waals surface area contributed by atoms with Gasteiger partial charge in [-0.3, -0.25) is 4.79 Å². The predicted molar refractivity (Wildman–Crippen MR) is 88.0 cm³/mol. The molecule has 104 valence electrons. The lowest BCUT2D eigenvalue weighted by molar-refractivity contribution is 0.414. The number of hydrogen-bond donors (Lipinski definition) is 0. The van der Waals surface area contributed by atoms with Crippen molar-refractivity contribution in [2.75, 3.05) is 7.11 Å². The van der Waals surface area contributed by atoms with Gasteiger partial charge in [0.2, 0.25) is 5.43 Å². The quantitative estimate of drug-likeness (QED) is 0.713. The Balaban J connectivity index is 2.23. The SMILES string of the molecule is COc1c(-c2ccccc2)sc(-c2ccccc2)cc1=O. The largest absolute Gasteiger partial charge is 0.491 e. The summed E-state index contributed by atoms with van der Waals surface area (Å²) in [7, 11) is 1.54. The molecule has 3 rings (SSSR count). The molecule has 3 aromatic rings. The van der Waals surface area contributed by atoms with Crippen LogP contribution in [0, 0.1) is 0 Å². The summed E-state index contributed by atoms with van der Waals surface area (Å²) in [5, 5.41) is 0. The van der Waals surface area contributed by atoms with Crippen molar-refractivity contribution in [2.45, 2.75) is 0 Å². The van der Waals surface area contributed by atoms with Crippen molar-refractivity contribution < 1.29 is 4.74 Å². The van der Waals surface area contributed by atoms with Crippen molar-refractivity contribution in [3.63, 3.8) is 0 Å². The molecule has 0 saturated heterocycles. The van der Waals surface area contributed by atoms with Crippen molar-refractivity contribution in [3.05, 3.63) is 77.0 Å². The summed E-state index contributed by atoms with van der Waals surface area (Å²) in [4.78, 5) is 14.1. The van der Waals surface area contributed by atoms with E-state index in [-0.39, 0.29) is 5.43 Å². The van der Waals surface area contributed by atoms with Gasteiger partial charge in [-0.15, -0.1) is 11.3 Å². The van der Waals surface area contributed by atoms with E-state index >= 15 is 0 Å². The molecule has 0 bridgehead atoms. The molecule has 0 N–H and O–H groups in total. The van der Waals surface area contributed by atoms with Crippen LogP contribution < -0.4 is 10.2 Å². The van der Waals surface area contributed by atoms with E-state index in [1.807, 2.05) is 60.7 Å². The summed E-state index contributed by atoms with van der Waals surface area (Å²) in [5.41, 5.74) is 1.95. The first kappa shape index (κ1) is 13.6. The summed E-state index contributed by atoms with van der Waals surface area (Å²) in [6.07, 6.45) is 0. The smallest absolute Gasteiger partial charge is 0.223 e. The zero-order valence-electron chi connectivity index (χ0n) is 11.6. The average molecular weight is 294 g/mol. The highest BCUT2D eigenvalue weighted by Gasteiger charge is 2.13. The molecule has 3 heteroatoms. The van der Waals surface area contributed by atoms with Gasteiger partial charge in [-0.2, -0.15) is 0 Å². The molecular formula is C18H14O2S. The Morgan fingerprint density at radius 2 is 1.43 bits per heavy atom. The summed E-state index contributed by atoms with van der Waals surface area (Å²) in [5.74, 6) is 0.408. The Labute approximate surface area is 127 Å². The second-order valence-electron chi connectivity index (χ2n) is 4.57. The second-order valence-corrected chi connectivity index (χ2v) is 5.62. The molecule has 1 aromatic heterocycles. The number of hydrogen-bond acceptors (Lipinski definition) is 3. The number of benzene rings is 2. The van der Waals surface area contributed by atoms with Crippen molar-refractivity contribution in [1.82, 2.24) is 0 Å². The Morgan fingerprint density at radius 3 is 2.00 bits per heavy atom. The van der Waals surface area contributed by atoms with Crippen LogP contribution >= 0.6 is 11.3 Å². The van der Waals surface area contributed by atoms with Gasteiger partial charge >= 0.3 is 0 Å². The van der Waals surface area contributed by atoms with Gasteiger partial charge in [0, 0.05) is 10.9 Å². The van der Waals surface area contributed by atoms with Crippen molar-refractivity contribution in [2.24, 2.45) is 0 Å². The van der Waals surface area contributed by atoms with Crippen molar-refractivity contribution >= 4 is 11.3 Å². The van der Waals surface area contributed by atoms with Gasteiger partial charge in [0.1, 0.15) is 0 Å². The maximum absolute atomic E-state index is 12.3. The lowest BCUT2D eigenvalue weighted by atomic mass is 10.1. The molecule has 2 nitrogen and oxygen atoms in total. The third-order valence-corrected chi connectivity index (χ3v) is 4.40. The molecule has 0 aliphatic carbocycles. The molecule has 0 radical (unpaired) electrons. The van der Waals surface area contributed by atoms with Gasteiger partial charge in [-0.05, 0) is 11.1 Å². The first-order valence-corrected chi connectivity index (χ1v) is 7.44. The van der Waals surface area contributed by atoms with E-state index in [0.717, 1.165) is 20.9 Å². The van der Waals surface area contributed by atoms with E-state index in [2.05, 4.69) is 0 Å². The zero-order valence-corrected chi connectivity index (χ0v) is 12.4. The van der Waals surface area contributed by atoms with Gasteiger partial charge in [0.05, 0.1) is 12.0 Å². The minimum absolute atomic E-state index is 0.0889.